The molecule has 0 saturated heterocycles. The van der Waals surface area contributed by atoms with Crippen molar-refractivity contribution in [1.29, 1.82) is 0 Å². The third kappa shape index (κ3) is 3.37. The second-order valence-corrected chi connectivity index (χ2v) is 6.23. The van der Waals surface area contributed by atoms with E-state index in [0.29, 0.717) is 10.2 Å². The molecule has 0 aliphatic carbocycles. The van der Waals surface area contributed by atoms with Crippen molar-refractivity contribution in [3.05, 3.63) is 39.6 Å². The molecule has 0 saturated carbocycles. The number of nitrogens with zero attached hydrogens (tertiary/aromatic N) is 2. The van der Waals surface area contributed by atoms with Crippen LogP contribution in [0.25, 0.3) is 5.69 Å². The first-order chi connectivity index (χ1) is 9.52. The van der Waals surface area contributed by atoms with Crippen molar-refractivity contribution in [3.8, 4) is 5.69 Å². The number of carboxylic acids is 1. The van der Waals surface area contributed by atoms with Crippen molar-refractivity contribution in [3.63, 3.8) is 0 Å². The summed E-state index contributed by atoms with van der Waals surface area (Å²) >= 11 is 10.7. The van der Waals surface area contributed by atoms with E-state index in [-0.39, 0.29) is 5.75 Å². The van der Waals surface area contributed by atoms with Crippen molar-refractivity contribution in [2.75, 3.05) is 5.75 Å². The molecule has 1 aromatic heterocycles. The van der Waals surface area contributed by atoms with Gasteiger partial charge in [0.25, 0.3) is 0 Å². The van der Waals surface area contributed by atoms with Crippen LogP contribution in [-0.2, 0) is 11.2 Å². The fraction of sp³-hybridized carbons (Fsp3) is 0.231. The van der Waals surface area contributed by atoms with Crippen molar-refractivity contribution in [1.82, 2.24) is 9.55 Å². The fourth-order valence-corrected chi connectivity index (χ4v) is 3.08. The van der Waals surface area contributed by atoms with Gasteiger partial charge in [-0.2, -0.15) is 0 Å². The summed E-state index contributed by atoms with van der Waals surface area (Å²) < 4.78 is 2.82. The number of benzene rings is 1. The molecular weight excluding hydrogens is 364 g/mol. The van der Waals surface area contributed by atoms with Gasteiger partial charge < -0.3 is 5.11 Å². The Morgan fingerprint density at radius 1 is 1.55 bits per heavy atom. The Morgan fingerprint density at radius 2 is 2.30 bits per heavy atom. The Balaban J connectivity index is 2.50. The Hall–Kier alpha value is -0.980. The van der Waals surface area contributed by atoms with Crippen LogP contribution >= 0.6 is 39.3 Å². The molecule has 4 nitrogen and oxygen atoms in total. The first-order valence-corrected chi connectivity index (χ1v) is 8.05. The van der Waals surface area contributed by atoms with Crippen LogP contribution in [0.1, 0.15) is 12.6 Å². The van der Waals surface area contributed by atoms with Crippen molar-refractivity contribution >= 4 is 45.3 Å². The predicted molar refractivity (Wildman–Crippen MR) is 84.0 cm³/mol. The molecule has 0 fully saturated rings. The molecule has 7 heteroatoms. The number of rotatable bonds is 5. The van der Waals surface area contributed by atoms with Gasteiger partial charge in [-0.25, -0.2) is 4.98 Å². The van der Waals surface area contributed by atoms with E-state index in [1.165, 1.54) is 11.8 Å². The number of halogens is 2. The van der Waals surface area contributed by atoms with Gasteiger partial charge in [0, 0.05) is 21.4 Å². The topological polar surface area (TPSA) is 55.1 Å². The lowest BCUT2D eigenvalue weighted by Crippen LogP contribution is -2.04. The maximum atomic E-state index is 10.7. The number of aliphatic carboxylic acids is 1. The number of aromatic nitrogens is 2. The number of carboxylic acid groups (broad SMARTS) is 1. The van der Waals surface area contributed by atoms with Gasteiger partial charge >= 0.3 is 5.97 Å². The van der Waals surface area contributed by atoms with Gasteiger partial charge in [0.15, 0.2) is 5.16 Å². The minimum absolute atomic E-state index is 0.0294. The Kier molecular flexibility index (Phi) is 5.12. The van der Waals surface area contributed by atoms with Crippen LogP contribution in [0.15, 0.2) is 34.0 Å². The van der Waals surface area contributed by atoms with Gasteiger partial charge in [-0.3, -0.25) is 9.36 Å². The van der Waals surface area contributed by atoms with E-state index >= 15 is 0 Å². The van der Waals surface area contributed by atoms with Gasteiger partial charge in [0.2, 0.25) is 0 Å². The number of hydrogen-bond acceptors (Lipinski definition) is 3. The summed E-state index contributed by atoms with van der Waals surface area (Å²) in [7, 11) is 0. The van der Waals surface area contributed by atoms with E-state index in [1.807, 2.05) is 23.6 Å². The van der Waals surface area contributed by atoms with Crippen LogP contribution in [-0.4, -0.2) is 26.4 Å². The van der Waals surface area contributed by atoms with Crippen LogP contribution in [0, 0.1) is 0 Å². The molecule has 0 radical (unpaired) electrons. The number of imidazole rings is 1. The largest absolute Gasteiger partial charge is 0.481 e. The SMILES string of the molecule is CCc1cnc(SCC(=O)O)n1-c1cc(Cl)ccc1Br. The average Bonchev–Trinajstić information content (AvgIpc) is 2.82. The van der Waals surface area contributed by atoms with E-state index in [0.717, 1.165) is 22.3 Å². The van der Waals surface area contributed by atoms with Crippen LogP contribution in [0.2, 0.25) is 5.02 Å². The summed E-state index contributed by atoms with van der Waals surface area (Å²) in [6.45, 7) is 2.03. The van der Waals surface area contributed by atoms with Crippen molar-refractivity contribution < 1.29 is 9.90 Å². The number of hydrogen-bond donors (Lipinski definition) is 1. The molecule has 106 valence electrons. The number of thioether (sulfide) groups is 1. The molecule has 0 aliphatic rings. The molecule has 1 heterocycles. The van der Waals surface area contributed by atoms with Gasteiger partial charge in [0.05, 0.1) is 11.4 Å². The first-order valence-electron chi connectivity index (χ1n) is 5.89. The zero-order chi connectivity index (χ0) is 14.7. The summed E-state index contributed by atoms with van der Waals surface area (Å²) in [4.78, 5) is 15.0. The Labute approximate surface area is 134 Å². The van der Waals surface area contributed by atoms with E-state index in [2.05, 4.69) is 20.9 Å². The molecule has 0 spiro atoms. The summed E-state index contributed by atoms with van der Waals surface area (Å²) in [5.74, 6) is -0.897. The van der Waals surface area contributed by atoms with Crippen LogP contribution in [0.4, 0.5) is 0 Å². The maximum Gasteiger partial charge on any atom is 0.313 e. The minimum atomic E-state index is -0.868. The second-order valence-electron chi connectivity index (χ2n) is 4.00. The highest BCUT2D eigenvalue weighted by atomic mass is 79.9. The third-order valence-electron chi connectivity index (χ3n) is 2.64. The molecule has 2 rings (SSSR count). The third-order valence-corrected chi connectivity index (χ3v) is 4.48. The van der Waals surface area contributed by atoms with Crippen LogP contribution in [0.5, 0.6) is 0 Å². The monoisotopic (exact) mass is 374 g/mol. The van der Waals surface area contributed by atoms with Gasteiger partial charge in [-0.05, 0) is 40.5 Å². The normalized spacial score (nSPS) is 10.8. The summed E-state index contributed by atoms with van der Waals surface area (Å²) in [6, 6.07) is 5.49. The highest BCUT2D eigenvalue weighted by molar-refractivity contribution is 9.10. The predicted octanol–water partition coefficient (Wildman–Crippen LogP) is 4.03. The lowest BCUT2D eigenvalue weighted by molar-refractivity contribution is -0.133. The van der Waals surface area contributed by atoms with E-state index in [9.17, 15) is 4.79 Å². The smallest absolute Gasteiger partial charge is 0.313 e. The molecule has 1 N–H and O–H groups in total. The van der Waals surface area contributed by atoms with Crippen molar-refractivity contribution in [2.24, 2.45) is 0 Å². The quantitative estimate of drug-likeness (QED) is 0.802. The molecule has 0 unspecified atom stereocenters. The highest BCUT2D eigenvalue weighted by Gasteiger charge is 2.15. The zero-order valence-corrected chi connectivity index (χ0v) is 13.8. The Bertz CT molecular complexity index is 645. The molecular formula is C13H12BrClN2O2S. The molecule has 0 amide bonds. The van der Waals surface area contributed by atoms with Crippen LogP contribution < -0.4 is 0 Å². The molecule has 20 heavy (non-hydrogen) atoms. The highest BCUT2D eigenvalue weighted by Crippen LogP contribution is 2.30. The lowest BCUT2D eigenvalue weighted by Gasteiger charge is -2.12. The minimum Gasteiger partial charge on any atom is -0.481 e. The maximum absolute atomic E-state index is 10.7. The average molecular weight is 376 g/mol. The molecule has 0 bridgehead atoms. The van der Waals surface area contributed by atoms with Gasteiger partial charge in [-0.1, -0.05) is 30.3 Å². The van der Waals surface area contributed by atoms with Crippen molar-refractivity contribution in [2.45, 2.75) is 18.5 Å². The summed E-state index contributed by atoms with van der Waals surface area (Å²) in [5, 5.41) is 10.1. The van der Waals surface area contributed by atoms with E-state index in [4.69, 9.17) is 16.7 Å². The number of carbonyl (C=O) groups is 1. The standard InChI is InChI=1S/C13H12BrClN2O2S/c1-2-9-6-16-13(20-7-12(18)19)17(9)11-5-8(15)3-4-10(11)14/h3-6H,2,7H2,1H3,(H,18,19). The first kappa shape index (κ1) is 15.4. The van der Waals surface area contributed by atoms with E-state index < -0.39 is 5.97 Å². The Morgan fingerprint density at radius 3 is 2.95 bits per heavy atom. The molecule has 2 aromatic rings. The zero-order valence-electron chi connectivity index (χ0n) is 10.6. The second kappa shape index (κ2) is 6.65. The molecule has 0 atom stereocenters. The summed E-state index contributed by atoms with van der Waals surface area (Å²) in [6.07, 6.45) is 2.55. The van der Waals surface area contributed by atoms with Gasteiger partial charge in [0.1, 0.15) is 0 Å². The van der Waals surface area contributed by atoms with Crippen LogP contribution in [0.3, 0.4) is 0 Å². The van der Waals surface area contributed by atoms with E-state index in [1.54, 1.807) is 12.3 Å². The number of aryl methyl sites for hydroxylation is 1. The molecule has 1 aromatic carbocycles. The molecule has 0 aliphatic heterocycles. The lowest BCUT2D eigenvalue weighted by atomic mass is 10.3. The van der Waals surface area contributed by atoms with Gasteiger partial charge in [-0.15, -0.1) is 0 Å². The fourth-order valence-electron chi connectivity index (χ4n) is 1.76. The summed E-state index contributed by atoms with van der Waals surface area (Å²) in [5.41, 5.74) is 1.86.